The third-order valence-corrected chi connectivity index (χ3v) is 1.54. The zero-order valence-electron chi connectivity index (χ0n) is 7.05. The van der Waals surface area contributed by atoms with Gasteiger partial charge in [0.15, 0.2) is 0 Å². The van der Waals surface area contributed by atoms with Crippen molar-refractivity contribution >= 4 is 5.69 Å². The zero-order chi connectivity index (χ0) is 9.68. The fraction of sp³-hybridized carbons (Fsp3) is 0.100. The second-order valence-corrected chi connectivity index (χ2v) is 2.47. The van der Waals surface area contributed by atoms with Gasteiger partial charge in [0.2, 0.25) is 0 Å². The fourth-order valence-electron chi connectivity index (χ4n) is 0.945. The fourth-order valence-corrected chi connectivity index (χ4v) is 0.945. The van der Waals surface area contributed by atoms with Gasteiger partial charge in [-0.05, 0) is 18.2 Å². The van der Waals surface area contributed by atoms with Crippen LogP contribution in [0.4, 0.5) is 10.1 Å². The van der Waals surface area contributed by atoms with Crippen LogP contribution in [0.15, 0.2) is 30.9 Å². The SMILES string of the molecule is C=CCNc1ccc(F)cc1C#N. The predicted octanol–water partition coefficient (Wildman–Crippen LogP) is 2.30. The Morgan fingerprint density at radius 2 is 2.38 bits per heavy atom. The van der Waals surface area contributed by atoms with Crippen LogP contribution in [0.25, 0.3) is 0 Å². The molecule has 2 nitrogen and oxygen atoms in total. The van der Waals surface area contributed by atoms with E-state index < -0.39 is 5.82 Å². The molecule has 1 N–H and O–H groups in total. The summed E-state index contributed by atoms with van der Waals surface area (Å²) in [4.78, 5) is 0. The third kappa shape index (κ3) is 2.31. The molecular weight excluding hydrogens is 167 g/mol. The molecule has 0 saturated carbocycles. The molecule has 1 rings (SSSR count). The number of hydrogen-bond donors (Lipinski definition) is 1. The van der Waals surface area contributed by atoms with Gasteiger partial charge in [-0.1, -0.05) is 6.08 Å². The molecule has 0 amide bonds. The Kier molecular flexibility index (Phi) is 3.04. The van der Waals surface area contributed by atoms with Crippen molar-refractivity contribution in [2.24, 2.45) is 0 Å². The first-order valence-corrected chi connectivity index (χ1v) is 3.82. The summed E-state index contributed by atoms with van der Waals surface area (Å²) in [5.74, 6) is -0.402. The quantitative estimate of drug-likeness (QED) is 0.717. The minimum Gasteiger partial charge on any atom is -0.381 e. The lowest BCUT2D eigenvalue weighted by Gasteiger charge is -2.04. The third-order valence-electron chi connectivity index (χ3n) is 1.54. The number of nitriles is 1. The van der Waals surface area contributed by atoms with Gasteiger partial charge in [0.1, 0.15) is 11.9 Å². The number of anilines is 1. The van der Waals surface area contributed by atoms with E-state index in [2.05, 4.69) is 11.9 Å². The number of benzene rings is 1. The molecule has 0 unspecified atom stereocenters. The van der Waals surface area contributed by atoms with Crippen LogP contribution < -0.4 is 5.32 Å². The Bertz CT molecular complexity index is 352. The van der Waals surface area contributed by atoms with Crippen molar-refractivity contribution in [2.75, 3.05) is 11.9 Å². The topological polar surface area (TPSA) is 35.8 Å². The van der Waals surface area contributed by atoms with Gasteiger partial charge in [-0.15, -0.1) is 6.58 Å². The van der Waals surface area contributed by atoms with Crippen molar-refractivity contribution < 1.29 is 4.39 Å². The van der Waals surface area contributed by atoms with Crippen molar-refractivity contribution in [3.63, 3.8) is 0 Å². The molecule has 0 aromatic heterocycles. The lowest BCUT2D eigenvalue weighted by atomic mass is 10.2. The Hall–Kier alpha value is -1.82. The molecular formula is C10H9FN2. The Labute approximate surface area is 76.3 Å². The number of nitrogens with one attached hydrogen (secondary N) is 1. The van der Waals surface area contributed by atoms with Gasteiger partial charge in [0, 0.05) is 6.54 Å². The van der Waals surface area contributed by atoms with Gasteiger partial charge >= 0.3 is 0 Å². The van der Waals surface area contributed by atoms with Crippen molar-refractivity contribution in [1.82, 2.24) is 0 Å². The second kappa shape index (κ2) is 4.27. The van der Waals surface area contributed by atoms with E-state index in [9.17, 15) is 4.39 Å². The first-order valence-electron chi connectivity index (χ1n) is 3.82. The number of nitrogens with zero attached hydrogens (tertiary/aromatic N) is 1. The molecule has 1 aromatic carbocycles. The molecule has 66 valence electrons. The highest BCUT2D eigenvalue weighted by molar-refractivity contribution is 5.57. The first-order chi connectivity index (χ1) is 6.27. The molecule has 13 heavy (non-hydrogen) atoms. The highest BCUT2D eigenvalue weighted by Gasteiger charge is 2.01. The zero-order valence-corrected chi connectivity index (χ0v) is 7.05. The van der Waals surface area contributed by atoms with Crippen LogP contribution in [0.5, 0.6) is 0 Å². The van der Waals surface area contributed by atoms with Gasteiger partial charge in [-0.25, -0.2) is 4.39 Å². The van der Waals surface area contributed by atoms with Crippen LogP contribution in [-0.4, -0.2) is 6.54 Å². The van der Waals surface area contributed by atoms with Crippen LogP contribution in [0.3, 0.4) is 0 Å². The largest absolute Gasteiger partial charge is 0.381 e. The van der Waals surface area contributed by atoms with Crippen molar-refractivity contribution in [3.05, 3.63) is 42.2 Å². The molecule has 0 heterocycles. The second-order valence-electron chi connectivity index (χ2n) is 2.47. The van der Waals surface area contributed by atoms with Gasteiger partial charge in [0.25, 0.3) is 0 Å². The maximum atomic E-state index is 12.7. The average molecular weight is 176 g/mol. The summed E-state index contributed by atoms with van der Waals surface area (Å²) in [5.41, 5.74) is 0.936. The summed E-state index contributed by atoms with van der Waals surface area (Å²) in [6.45, 7) is 4.09. The van der Waals surface area contributed by atoms with Crippen LogP contribution in [0.2, 0.25) is 0 Å². The molecule has 1 aromatic rings. The van der Waals surface area contributed by atoms with Crippen LogP contribution in [-0.2, 0) is 0 Å². The van der Waals surface area contributed by atoms with Gasteiger partial charge in [-0.3, -0.25) is 0 Å². The molecule has 0 aliphatic heterocycles. The van der Waals surface area contributed by atoms with Gasteiger partial charge in [0.05, 0.1) is 11.3 Å². The molecule has 0 bridgehead atoms. The van der Waals surface area contributed by atoms with E-state index in [0.717, 1.165) is 0 Å². The Morgan fingerprint density at radius 1 is 1.62 bits per heavy atom. The number of hydrogen-bond acceptors (Lipinski definition) is 2. The summed E-state index contributed by atoms with van der Waals surface area (Å²) in [6.07, 6.45) is 1.67. The van der Waals surface area contributed by atoms with Crippen molar-refractivity contribution in [3.8, 4) is 6.07 Å². The summed E-state index contributed by atoms with van der Waals surface area (Å²) in [5, 5.41) is 11.6. The Balaban J connectivity index is 2.94. The smallest absolute Gasteiger partial charge is 0.124 e. The van der Waals surface area contributed by atoms with E-state index >= 15 is 0 Å². The van der Waals surface area contributed by atoms with E-state index in [1.54, 1.807) is 6.08 Å². The molecule has 0 atom stereocenters. The summed E-state index contributed by atoms with van der Waals surface area (Å²) in [6, 6.07) is 5.96. The predicted molar refractivity (Wildman–Crippen MR) is 49.8 cm³/mol. The Morgan fingerprint density at radius 3 is 3.00 bits per heavy atom. The first kappa shape index (κ1) is 9.27. The van der Waals surface area contributed by atoms with Gasteiger partial charge in [-0.2, -0.15) is 5.26 Å². The highest BCUT2D eigenvalue weighted by atomic mass is 19.1. The van der Waals surface area contributed by atoms with Crippen LogP contribution in [0.1, 0.15) is 5.56 Å². The summed E-state index contributed by atoms with van der Waals surface area (Å²) >= 11 is 0. The molecule has 0 radical (unpaired) electrons. The van der Waals surface area contributed by atoms with E-state index in [-0.39, 0.29) is 0 Å². The minimum absolute atomic E-state index is 0.307. The minimum atomic E-state index is -0.402. The van der Waals surface area contributed by atoms with E-state index in [1.165, 1.54) is 18.2 Å². The molecule has 0 spiro atoms. The van der Waals surface area contributed by atoms with E-state index in [0.29, 0.717) is 17.8 Å². The lowest BCUT2D eigenvalue weighted by molar-refractivity contribution is 0.627. The van der Waals surface area contributed by atoms with Crippen LogP contribution >= 0.6 is 0 Å². The molecule has 0 saturated heterocycles. The number of rotatable bonds is 3. The molecule has 3 heteroatoms. The van der Waals surface area contributed by atoms with E-state index in [4.69, 9.17) is 5.26 Å². The highest BCUT2D eigenvalue weighted by Crippen LogP contribution is 2.15. The maximum Gasteiger partial charge on any atom is 0.124 e. The lowest BCUT2D eigenvalue weighted by Crippen LogP contribution is -2.00. The van der Waals surface area contributed by atoms with Crippen molar-refractivity contribution in [1.29, 1.82) is 5.26 Å². The van der Waals surface area contributed by atoms with Gasteiger partial charge < -0.3 is 5.32 Å². The van der Waals surface area contributed by atoms with E-state index in [1.807, 2.05) is 6.07 Å². The summed E-state index contributed by atoms with van der Waals surface area (Å²) in [7, 11) is 0. The average Bonchev–Trinajstić information content (AvgIpc) is 2.16. The molecule has 0 aliphatic carbocycles. The maximum absolute atomic E-state index is 12.7. The normalized spacial score (nSPS) is 8.92. The van der Waals surface area contributed by atoms with Crippen molar-refractivity contribution in [2.45, 2.75) is 0 Å². The summed E-state index contributed by atoms with van der Waals surface area (Å²) < 4.78 is 12.7. The molecule has 0 fully saturated rings. The monoisotopic (exact) mass is 176 g/mol. The van der Waals surface area contributed by atoms with Crippen LogP contribution in [0, 0.1) is 17.1 Å². The molecule has 0 aliphatic rings. The standard InChI is InChI=1S/C10H9FN2/c1-2-5-13-10-4-3-9(11)6-8(10)7-12/h2-4,6,13H,1,5H2. The number of halogens is 1.